The maximum atomic E-state index is 14.1. The molecule has 0 N–H and O–H groups in total. The molecule has 4 rings (SSSR count). The Morgan fingerprint density at radius 1 is 0.806 bits per heavy atom. The minimum atomic E-state index is -0.890. The van der Waals surface area contributed by atoms with E-state index in [0.29, 0.717) is 29.4 Å². The molecular weight excluding hydrogens is 468 g/mol. The van der Waals surface area contributed by atoms with Gasteiger partial charge in [0.2, 0.25) is 0 Å². The number of nitrogens with zero attached hydrogens (tertiary/aromatic N) is 1. The Labute approximate surface area is 207 Å². The number of amides is 1. The van der Waals surface area contributed by atoms with Crippen LogP contribution in [0.5, 0.6) is 23.0 Å². The molecule has 0 unspecified atom stereocenters. The van der Waals surface area contributed by atoms with Gasteiger partial charge in [-0.2, -0.15) is 0 Å². The molecule has 6 nitrogen and oxygen atoms in total. The van der Waals surface area contributed by atoms with E-state index in [9.17, 15) is 13.6 Å². The van der Waals surface area contributed by atoms with Gasteiger partial charge in [0.15, 0.2) is 23.0 Å². The largest absolute Gasteiger partial charge is 0.493 e. The van der Waals surface area contributed by atoms with Gasteiger partial charge in [-0.1, -0.05) is 18.2 Å². The summed E-state index contributed by atoms with van der Waals surface area (Å²) < 4.78 is 50.6. The number of hydrogen-bond acceptors (Lipinski definition) is 5. The van der Waals surface area contributed by atoms with Crippen molar-refractivity contribution < 1.29 is 32.5 Å². The van der Waals surface area contributed by atoms with Gasteiger partial charge in [-0.3, -0.25) is 4.79 Å². The predicted molar refractivity (Wildman–Crippen MR) is 135 cm³/mol. The summed E-state index contributed by atoms with van der Waals surface area (Å²) in [4.78, 5) is 14.1. The minimum Gasteiger partial charge on any atom is -0.493 e. The molecule has 36 heavy (non-hydrogen) atoms. The Morgan fingerprint density at radius 3 is 2.06 bits per heavy atom. The molecule has 0 aliphatic carbocycles. The van der Waals surface area contributed by atoms with Gasteiger partial charge in [0, 0.05) is 19.0 Å². The maximum Gasteiger partial charge on any atom is 0.259 e. The molecule has 0 fully saturated rings. The molecule has 0 bridgehead atoms. The lowest BCUT2D eigenvalue weighted by molar-refractivity contribution is 0.0787. The first-order valence-electron chi connectivity index (χ1n) is 11.3. The molecule has 0 aromatic heterocycles. The van der Waals surface area contributed by atoms with Crippen LogP contribution in [0.15, 0.2) is 48.5 Å². The van der Waals surface area contributed by atoms with E-state index in [2.05, 4.69) is 0 Å². The molecule has 0 saturated heterocycles. The second-order valence-corrected chi connectivity index (χ2v) is 8.26. The lowest BCUT2D eigenvalue weighted by Gasteiger charge is -2.21. The van der Waals surface area contributed by atoms with E-state index in [1.54, 1.807) is 28.4 Å². The van der Waals surface area contributed by atoms with E-state index < -0.39 is 23.1 Å². The standard InChI is InChI=1S/C28H27F2NO5/c1-31(28(32)26-20(29)7-6-8-21(26)30)12-11-17-14-24(35-4)27(36-5)25-18(17)10-9-16-13-22(33-2)23(34-3)15-19(16)25/h6-10,13-15H,11-12H2,1-5H3. The highest BCUT2D eigenvalue weighted by Crippen LogP contribution is 2.44. The van der Waals surface area contributed by atoms with E-state index >= 15 is 0 Å². The summed E-state index contributed by atoms with van der Waals surface area (Å²) in [5, 5.41) is 3.50. The highest BCUT2D eigenvalue weighted by molar-refractivity contribution is 6.13. The van der Waals surface area contributed by atoms with E-state index in [1.807, 2.05) is 30.3 Å². The van der Waals surface area contributed by atoms with Crippen molar-refractivity contribution in [1.29, 1.82) is 0 Å². The number of likely N-dealkylation sites (N-methyl/N-ethyl adjacent to an activating group) is 1. The molecule has 0 atom stereocenters. The van der Waals surface area contributed by atoms with Crippen molar-refractivity contribution >= 4 is 27.5 Å². The predicted octanol–water partition coefficient (Wildman–Crippen LogP) is 5.62. The van der Waals surface area contributed by atoms with Crippen molar-refractivity contribution in [3.63, 3.8) is 0 Å². The molecule has 8 heteroatoms. The molecule has 0 radical (unpaired) electrons. The fraction of sp³-hybridized carbons (Fsp3) is 0.250. The van der Waals surface area contributed by atoms with Crippen LogP contribution in [-0.2, 0) is 6.42 Å². The second kappa shape index (κ2) is 10.3. The average Bonchev–Trinajstić information content (AvgIpc) is 2.89. The van der Waals surface area contributed by atoms with E-state index in [4.69, 9.17) is 18.9 Å². The zero-order valence-electron chi connectivity index (χ0n) is 20.8. The number of carbonyl (C=O) groups is 1. The fourth-order valence-electron chi connectivity index (χ4n) is 4.43. The highest BCUT2D eigenvalue weighted by atomic mass is 19.1. The summed E-state index contributed by atoms with van der Waals surface area (Å²) in [7, 11) is 7.80. The van der Waals surface area contributed by atoms with Gasteiger partial charge in [-0.25, -0.2) is 8.78 Å². The first-order chi connectivity index (χ1) is 17.3. The van der Waals surface area contributed by atoms with Crippen LogP contribution in [0.4, 0.5) is 8.78 Å². The van der Waals surface area contributed by atoms with Crippen molar-refractivity contribution in [2.24, 2.45) is 0 Å². The summed E-state index contributed by atoms with van der Waals surface area (Å²) in [6.45, 7) is 0.223. The normalized spacial score (nSPS) is 11.0. The summed E-state index contributed by atoms with van der Waals surface area (Å²) in [6, 6.07) is 12.9. The third-order valence-corrected chi connectivity index (χ3v) is 6.29. The lowest BCUT2D eigenvalue weighted by atomic mass is 9.95. The monoisotopic (exact) mass is 495 g/mol. The molecule has 0 spiro atoms. The summed E-state index contributed by atoms with van der Waals surface area (Å²) in [5.41, 5.74) is 0.317. The van der Waals surface area contributed by atoms with Crippen LogP contribution >= 0.6 is 0 Å². The SMILES string of the molecule is COc1cc2ccc3c(CCN(C)C(=O)c4c(F)cccc4F)cc(OC)c(OC)c3c2cc1OC. The minimum absolute atomic E-state index is 0.223. The van der Waals surface area contributed by atoms with Crippen LogP contribution in [0.1, 0.15) is 15.9 Å². The number of carbonyl (C=O) groups excluding carboxylic acids is 1. The molecule has 0 aliphatic rings. The van der Waals surface area contributed by atoms with E-state index in [0.717, 1.165) is 39.2 Å². The van der Waals surface area contributed by atoms with Crippen molar-refractivity contribution in [1.82, 2.24) is 4.90 Å². The van der Waals surface area contributed by atoms with Gasteiger partial charge in [0.25, 0.3) is 5.91 Å². The number of fused-ring (bicyclic) bond motifs is 3. The lowest BCUT2D eigenvalue weighted by Crippen LogP contribution is -2.30. The van der Waals surface area contributed by atoms with Gasteiger partial charge < -0.3 is 23.8 Å². The third kappa shape index (κ3) is 4.34. The Balaban J connectivity index is 1.80. The zero-order valence-corrected chi connectivity index (χ0v) is 20.8. The van der Waals surface area contributed by atoms with Crippen LogP contribution in [0, 0.1) is 11.6 Å². The van der Waals surface area contributed by atoms with Crippen molar-refractivity contribution in [2.45, 2.75) is 6.42 Å². The Morgan fingerprint density at radius 2 is 1.44 bits per heavy atom. The maximum absolute atomic E-state index is 14.1. The Hall–Kier alpha value is -4.07. The summed E-state index contributed by atoms with van der Waals surface area (Å²) in [5.74, 6) is -0.243. The van der Waals surface area contributed by atoms with Gasteiger partial charge in [0.1, 0.15) is 17.2 Å². The summed E-state index contributed by atoms with van der Waals surface area (Å²) in [6.07, 6.45) is 0.411. The molecule has 0 heterocycles. The van der Waals surface area contributed by atoms with Crippen LogP contribution in [0.3, 0.4) is 0 Å². The van der Waals surface area contributed by atoms with Crippen LogP contribution in [0.25, 0.3) is 21.5 Å². The first-order valence-corrected chi connectivity index (χ1v) is 11.3. The van der Waals surface area contributed by atoms with Gasteiger partial charge in [0.05, 0.1) is 28.4 Å². The highest BCUT2D eigenvalue weighted by Gasteiger charge is 2.22. The molecule has 4 aromatic carbocycles. The molecule has 0 saturated carbocycles. The third-order valence-electron chi connectivity index (χ3n) is 6.29. The fourth-order valence-corrected chi connectivity index (χ4v) is 4.43. The topological polar surface area (TPSA) is 57.2 Å². The quantitative estimate of drug-likeness (QED) is 0.297. The number of benzene rings is 4. The van der Waals surface area contributed by atoms with Crippen LogP contribution < -0.4 is 18.9 Å². The van der Waals surface area contributed by atoms with E-state index in [1.165, 1.54) is 18.0 Å². The molecular formula is C28H27F2NO5. The second-order valence-electron chi connectivity index (χ2n) is 8.26. The van der Waals surface area contributed by atoms with Crippen molar-refractivity contribution in [3.05, 3.63) is 71.3 Å². The first kappa shape index (κ1) is 25.0. The molecule has 188 valence electrons. The molecule has 4 aromatic rings. The smallest absolute Gasteiger partial charge is 0.259 e. The van der Waals surface area contributed by atoms with Gasteiger partial charge >= 0.3 is 0 Å². The van der Waals surface area contributed by atoms with Crippen molar-refractivity contribution in [3.8, 4) is 23.0 Å². The summed E-state index contributed by atoms with van der Waals surface area (Å²) >= 11 is 0. The number of hydrogen-bond donors (Lipinski definition) is 0. The number of ether oxygens (including phenoxy) is 4. The molecule has 0 aliphatic heterocycles. The van der Waals surface area contributed by atoms with Gasteiger partial charge in [-0.05, 0) is 58.5 Å². The number of halogens is 2. The number of rotatable bonds is 8. The Bertz CT molecular complexity index is 1430. The Kier molecular flexibility index (Phi) is 7.15. The van der Waals surface area contributed by atoms with Crippen LogP contribution in [-0.4, -0.2) is 52.8 Å². The van der Waals surface area contributed by atoms with E-state index in [-0.39, 0.29) is 6.54 Å². The number of methoxy groups -OCH3 is 4. The van der Waals surface area contributed by atoms with Crippen molar-refractivity contribution in [2.75, 3.05) is 42.0 Å². The zero-order chi connectivity index (χ0) is 26.0. The molecule has 1 amide bonds. The van der Waals surface area contributed by atoms with Gasteiger partial charge in [-0.15, -0.1) is 0 Å². The van der Waals surface area contributed by atoms with Crippen LogP contribution in [0.2, 0.25) is 0 Å². The average molecular weight is 496 g/mol.